The second-order valence-electron chi connectivity index (χ2n) is 4.69. The van der Waals surface area contributed by atoms with Gasteiger partial charge < -0.3 is 10.1 Å². The predicted molar refractivity (Wildman–Crippen MR) is 71.7 cm³/mol. The summed E-state index contributed by atoms with van der Waals surface area (Å²) in [4.78, 5) is 0. The van der Waals surface area contributed by atoms with Gasteiger partial charge in [-0.3, -0.25) is 0 Å². The summed E-state index contributed by atoms with van der Waals surface area (Å²) >= 11 is 5.94. The Morgan fingerprint density at radius 1 is 1.41 bits per heavy atom. The summed E-state index contributed by atoms with van der Waals surface area (Å²) in [5.41, 5.74) is 1.36. The van der Waals surface area contributed by atoms with Gasteiger partial charge in [0.1, 0.15) is 0 Å². The lowest BCUT2D eigenvalue weighted by molar-refractivity contribution is 0.0442. The van der Waals surface area contributed by atoms with Crippen molar-refractivity contribution < 1.29 is 4.74 Å². The quantitative estimate of drug-likeness (QED) is 0.891. The van der Waals surface area contributed by atoms with Crippen LogP contribution in [0.4, 0.5) is 0 Å². The molecular weight excluding hydrogens is 234 g/mol. The molecule has 17 heavy (non-hydrogen) atoms. The van der Waals surface area contributed by atoms with Gasteiger partial charge in [0.25, 0.3) is 0 Å². The van der Waals surface area contributed by atoms with Crippen LogP contribution in [0.5, 0.6) is 0 Å². The predicted octanol–water partition coefficient (Wildman–Crippen LogP) is 3.07. The van der Waals surface area contributed by atoms with Crippen LogP contribution in [0.3, 0.4) is 0 Å². The Bertz CT molecular complexity index is 333. The number of likely N-dealkylation sites (N-methyl/N-ethyl adjacent to an activating group) is 1. The van der Waals surface area contributed by atoms with Crippen LogP contribution < -0.4 is 5.32 Å². The lowest BCUT2D eigenvalue weighted by atomic mass is 9.82. The molecule has 1 heterocycles. The summed E-state index contributed by atoms with van der Waals surface area (Å²) in [6, 6.07) is 8.23. The van der Waals surface area contributed by atoms with Gasteiger partial charge in [-0.25, -0.2) is 0 Å². The van der Waals surface area contributed by atoms with Gasteiger partial charge >= 0.3 is 0 Å². The second-order valence-corrected chi connectivity index (χ2v) is 5.13. The SMILES string of the molecule is CNCC(c1ccc(Cl)cc1)C1CCCOC1. The van der Waals surface area contributed by atoms with Crippen LogP contribution >= 0.6 is 11.6 Å². The van der Waals surface area contributed by atoms with E-state index in [1.807, 2.05) is 19.2 Å². The highest BCUT2D eigenvalue weighted by Gasteiger charge is 2.24. The summed E-state index contributed by atoms with van der Waals surface area (Å²) in [5.74, 6) is 1.15. The number of hydrogen-bond donors (Lipinski definition) is 1. The average molecular weight is 254 g/mol. The zero-order chi connectivity index (χ0) is 12.1. The standard InChI is InChI=1S/C14H20ClNO/c1-16-9-14(12-3-2-8-17-10-12)11-4-6-13(15)7-5-11/h4-7,12,14,16H,2-3,8-10H2,1H3. The Hall–Kier alpha value is -0.570. The summed E-state index contributed by atoms with van der Waals surface area (Å²) in [5, 5.41) is 4.09. The molecule has 3 heteroatoms. The molecule has 1 aliphatic rings. The maximum Gasteiger partial charge on any atom is 0.0500 e. The fraction of sp³-hybridized carbons (Fsp3) is 0.571. The summed E-state index contributed by atoms with van der Waals surface area (Å²) in [6.07, 6.45) is 2.44. The Morgan fingerprint density at radius 3 is 2.76 bits per heavy atom. The molecule has 1 aliphatic heterocycles. The molecule has 2 unspecified atom stereocenters. The molecule has 0 aromatic heterocycles. The lowest BCUT2D eigenvalue weighted by Crippen LogP contribution is -2.30. The van der Waals surface area contributed by atoms with Crippen molar-refractivity contribution in [3.63, 3.8) is 0 Å². The van der Waals surface area contributed by atoms with Crippen molar-refractivity contribution in [1.82, 2.24) is 5.32 Å². The molecule has 2 nitrogen and oxygen atoms in total. The van der Waals surface area contributed by atoms with E-state index in [2.05, 4.69) is 17.4 Å². The second kappa shape index (κ2) is 6.39. The number of ether oxygens (including phenoxy) is 1. The van der Waals surface area contributed by atoms with E-state index in [4.69, 9.17) is 16.3 Å². The van der Waals surface area contributed by atoms with Gasteiger partial charge in [0.2, 0.25) is 0 Å². The van der Waals surface area contributed by atoms with Crippen molar-refractivity contribution in [3.8, 4) is 0 Å². The van der Waals surface area contributed by atoms with E-state index >= 15 is 0 Å². The van der Waals surface area contributed by atoms with Crippen LogP contribution in [0.2, 0.25) is 5.02 Å². The smallest absolute Gasteiger partial charge is 0.0500 e. The number of halogens is 1. The molecule has 0 saturated carbocycles. The van der Waals surface area contributed by atoms with E-state index < -0.39 is 0 Å². The van der Waals surface area contributed by atoms with E-state index in [0.29, 0.717) is 11.8 Å². The molecule has 1 fully saturated rings. The van der Waals surface area contributed by atoms with E-state index in [1.54, 1.807) is 0 Å². The maximum atomic E-state index is 5.94. The Morgan fingerprint density at radius 2 is 2.18 bits per heavy atom. The van der Waals surface area contributed by atoms with Gasteiger partial charge in [0, 0.05) is 24.1 Å². The number of rotatable bonds is 4. The van der Waals surface area contributed by atoms with Crippen molar-refractivity contribution in [1.29, 1.82) is 0 Å². The molecule has 0 aliphatic carbocycles. The monoisotopic (exact) mass is 253 g/mol. The minimum absolute atomic E-state index is 0.526. The third kappa shape index (κ3) is 3.44. The van der Waals surface area contributed by atoms with Gasteiger partial charge in [0.15, 0.2) is 0 Å². The first-order valence-corrected chi connectivity index (χ1v) is 6.67. The minimum Gasteiger partial charge on any atom is -0.381 e. The Kier molecular flexibility index (Phi) is 4.84. The first-order valence-electron chi connectivity index (χ1n) is 6.29. The molecule has 0 radical (unpaired) electrons. The van der Waals surface area contributed by atoms with Gasteiger partial charge in [-0.1, -0.05) is 23.7 Å². The zero-order valence-electron chi connectivity index (χ0n) is 10.3. The van der Waals surface area contributed by atoms with E-state index in [1.165, 1.54) is 18.4 Å². The topological polar surface area (TPSA) is 21.3 Å². The summed E-state index contributed by atoms with van der Waals surface area (Å²) < 4.78 is 5.60. The van der Waals surface area contributed by atoms with Crippen LogP contribution in [-0.2, 0) is 4.74 Å². The van der Waals surface area contributed by atoms with Crippen molar-refractivity contribution in [2.75, 3.05) is 26.8 Å². The molecule has 1 aromatic carbocycles. The molecular formula is C14H20ClNO. The first-order chi connectivity index (χ1) is 8.31. The normalized spacial score (nSPS) is 22.4. The minimum atomic E-state index is 0.526. The third-order valence-corrected chi connectivity index (χ3v) is 3.74. The van der Waals surface area contributed by atoms with Crippen molar-refractivity contribution in [2.24, 2.45) is 5.92 Å². The average Bonchev–Trinajstić information content (AvgIpc) is 2.38. The van der Waals surface area contributed by atoms with Crippen LogP contribution in [0.25, 0.3) is 0 Å². The number of hydrogen-bond acceptors (Lipinski definition) is 2. The van der Waals surface area contributed by atoms with Crippen molar-refractivity contribution in [3.05, 3.63) is 34.9 Å². The molecule has 94 valence electrons. The highest BCUT2D eigenvalue weighted by molar-refractivity contribution is 6.30. The van der Waals surface area contributed by atoms with E-state index in [9.17, 15) is 0 Å². The molecule has 2 rings (SSSR count). The Balaban J connectivity index is 2.12. The molecule has 1 aromatic rings. The van der Waals surface area contributed by atoms with Crippen LogP contribution in [0.15, 0.2) is 24.3 Å². The van der Waals surface area contributed by atoms with Gasteiger partial charge in [-0.05, 0) is 43.5 Å². The van der Waals surface area contributed by atoms with Gasteiger partial charge in [-0.15, -0.1) is 0 Å². The number of benzene rings is 1. The maximum absolute atomic E-state index is 5.94. The summed E-state index contributed by atoms with van der Waals surface area (Å²) in [6.45, 7) is 2.80. The van der Waals surface area contributed by atoms with Crippen LogP contribution in [0.1, 0.15) is 24.3 Å². The Labute approximate surface area is 108 Å². The third-order valence-electron chi connectivity index (χ3n) is 3.49. The number of nitrogens with one attached hydrogen (secondary N) is 1. The largest absolute Gasteiger partial charge is 0.381 e. The molecule has 2 atom stereocenters. The van der Waals surface area contributed by atoms with Gasteiger partial charge in [0.05, 0.1) is 6.61 Å². The highest BCUT2D eigenvalue weighted by Crippen LogP contribution is 2.31. The van der Waals surface area contributed by atoms with Crippen molar-refractivity contribution >= 4 is 11.6 Å². The van der Waals surface area contributed by atoms with Crippen LogP contribution in [0, 0.1) is 5.92 Å². The molecule has 1 saturated heterocycles. The van der Waals surface area contributed by atoms with Crippen LogP contribution in [-0.4, -0.2) is 26.8 Å². The highest BCUT2D eigenvalue weighted by atomic mass is 35.5. The van der Waals surface area contributed by atoms with E-state index in [-0.39, 0.29) is 0 Å². The summed E-state index contributed by atoms with van der Waals surface area (Å²) in [7, 11) is 2.01. The molecule has 0 spiro atoms. The molecule has 0 bridgehead atoms. The zero-order valence-corrected chi connectivity index (χ0v) is 11.0. The molecule has 1 N–H and O–H groups in total. The molecule has 0 amide bonds. The van der Waals surface area contributed by atoms with Crippen molar-refractivity contribution in [2.45, 2.75) is 18.8 Å². The van der Waals surface area contributed by atoms with Gasteiger partial charge in [-0.2, -0.15) is 0 Å². The fourth-order valence-electron chi connectivity index (χ4n) is 2.57. The lowest BCUT2D eigenvalue weighted by Gasteiger charge is -2.30. The fourth-order valence-corrected chi connectivity index (χ4v) is 2.70. The first kappa shape index (κ1) is 12.9. The van der Waals surface area contributed by atoms with E-state index in [0.717, 1.165) is 24.8 Å².